The van der Waals surface area contributed by atoms with Gasteiger partial charge in [-0.25, -0.2) is 0 Å². The van der Waals surface area contributed by atoms with Gasteiger partial charge in [0.05, 0.1) is 13.2 Å². The molecule has 3 nitrogen and oxygen atoms in total. The van der Waals surface area contributed by atoms with Gasteiger partial charge in [-0.2, -0.15) is 0 Å². The summed E-state index contributed by atoms with van der Waals surface area (Å²) in [6.07, 6.45) is 1.04. The smallest absolute Gasteiger partial charge is 0.0594 e. The third-order valence-corrected chi connectivity index (χ3v) is 3.58. The molecule has 4 heteroatoms. The molecule has 1 aliphatic rings. The molecule has 0 aromatic carbocycles. The number of rotatable bonds is 6. The Labute approximate surface area is 111 Å². The van der Waals surface area contributed by atoms with Crippen molar-refractivity contribution in [3.8, 4) is 0 Å². The van der Waals surface area contributed by atoms with Gasteiger partial charge >= 0.3 is 0 Å². The highest BCUT2D eigenvalue weighted by molar-refractivity contribution is 6.17. The summed E-state index contributed by atoms with van der Waals surface area (Å²) in [6, 6.07) is 0.501. The molecule has 1 rings (SSSR count). The fourth-order valence-electron chi connectivity index (χ4n) is 2.17. The van der Waals surface area contributed by atoms with Gasteiger partial charge in [-0.15, -0.1) is 11.6 Å². The Hall–Kier alpha value is 0.170. The van der Waals surface area contributed by atoms with Crippen LogP contribution in [-0.2, 0) is 4.74 Å². The van der Waals surface area contributed by atoms with E-state index >= 15 is 0 Å². The van der Waals surface area contributed by atoms with Crippen molar-refractivity contribution >= 4 is 11.6 Å². The number of nitrogens with one attached hydrogen (secondary N) is 1. The lowest BCUT2D eigenvalue weighted by atomic mass is 9.85. The maximum absolute atomic E-state index is 5.86. The van der Waals surface area contributed by atoms with Crippen LogP contribution < -0.4 is 5.32 Å². The fourth-order valence-corrected chi connectivity index (χ4v) is 2.39. The Morgan fingerprint density at radius 2 is 1.94 bits per heavy atom. The SMILES string of the molecule is CC(C)(C)C(CCCl)NCCN1CCOCC1. The van der Waals surface area contributed by atoms with Crippen LogP contribution in [0.3, 0.4) is 0 Å². The third-order valence-electron chi connectivity index (χ3n) is 3.37. The molecule has 0 aliphatic carbocycles. The molecule has 1 aliphatic heterocycles. The summed E-state index contributed by atoms with van der Waals surface area (Å²) in [4.78, 5) is 2.46. The summed E-state index contributed by atoms with van der Waals surface area (Å²) in [5.41, 5.74) is 0.278. The number of halogens is 1. The van der Waals surface area contributed by atoms with Crippen LogP contribution >= 0.6 is 11.6 Å². The van der Waals surface area contributed by atoms with E-state index in [0.29, 0.717) is 6.04 Å². The largest absolute Gasteiger partial charge is 0.379 e. The van der Waals surface area contributed by atoms with Gasteiger partial charge in [0, 0.05) is 38.1 Å². The molecule has 17 heavy (non-hydrogen) atoms. The predicted octanol–water partition coefficient (Wildman–Crippen LogP) is 1.95. The summed E-state index contributed by atoms with van der Waals surface area (Å²) in [7, 11) is 0. The van der Waals surface area contributed by atoms with Gasteiger partial charge < -0.3 is 10.1 Å². The lowest BCUT2D eigenvalue weighted by molar-refractivity contribution is 0.0375. The van der Waals surface area contributed by atoms with Crippen molar-refractivity contribution in [3.63, 3.8) is 0 Å². The first-order valence-electron chi connectivity index (χ1n) is 6.63. The van der Waals surface area contributed by atoms with Crippen LogP contribution in [0.2, 0.25) is 0 Å². The van der Waals surface area contributed by atoms with Crippen LogP contribution in [0.4, 0.5) is 0 Å². The van der Waals surface area contributed by atoms with Crippen molar-refractivity contribution in [3.05, 3.63) is 0 Å². The standard InChI is InChI=1S/C13H27ClN2O/c1-13(2,3)12(4-5-14)15-6-7-16-8-10-17-11-9-16/h12,15H,4-11H2,1-3H3. The van der Waals surface area contributed by atoms with Gasteiger partial charge in [0.1, 0.15) is 0 Å². The van der Waals surface area contributed by atoms with Crippen molar-refractivity contribution in [2.24, 2.45) is 5.41 Å². The van der Waals surface area contributed by atoms with Crippen molar-refractivity contribution in [1.29, 1.82) is 0 Å². The second-order valence-electron chi connectivity index (χ2n) is 5.80. The van der Waals surface area contributed by atoms with Gasteiger partial charge in [0.25, 0.3) is 0 Å². The van der Waals surface area contributed by atoms with Gasteiger partial charge in [-0.1, -0.05) is 20.8 Å². The molecule has 0 spiro atoms. The highest BCUT2D eigenvalue weighted by Gasteiger charge is 2.23. The van der Waals surface area contributed by atoms with E-state index < -0.39 is 0 Å². The fraction of sp³-hybridized carbons (Fsp3) is 1.00. The molecule has 1 unspecified atom stereocenters. The predicted molar refractivity (Wildman–Crippen MR) is 73.8 cm³/mol. The first-order valence-corrected chi connectivity index (χ1v) is 7.17. The van der Waals surface area contributed by atoms with Gasteiger partial charge in [-0.05, 0) is 11.8 Å². The molecule has 102 valence electrons. The Kier molecular flexibility index (Phi) is 6.78. The molecule has 0 amide bonds. The number of hydrogen-bond acceptors (Lipinski definition) is 3. The van der Waals surface area contributed by atoms with E-state index in [1.54, 1.807) is 0 Å². The lowest BCUT2D eigenvalue weighted by Crippen LogP contribution is -2.46. The second kappa shape index (κ2) is 7.57. The molecule has 1 heterocycles. The highest BCUT2D eigenvalue weighted by atomic mass is 35.5. The van der Waals surface area contributed by atoms with E-state index in [1.807, 2.05) is 0 Å². The van der Waals surface area contributed by atoms with Gasteiger partial charge in [-0.3, -0.25) is 4.90 Å². The van der Waals surface area contributed by atoms with Crippen LogP contribution in [0.1, 0.15) is 27.2 Å². The minimum Gasteiger partial charge on any atom is -0.379 e. The molecule has 0 radical (unpaired) electrons. The number of nitrogens with zero attached hydrogens (tertiary/aromatic N) is 1. The highest BCUT2D eigenvalue weighted by Crippen LogP contribution is 2.21. The van der Waals surface area contributed by atoms with Crippen molar-refractivity contribution < 1.29 is 4.74 Å². The summed E-state index contributed by atoms with van der Waals surface area (Å²) in [6.45, 7) is 12.9. The average Bonchev–Trinajstić information content (AvgIpc) is 2.28. The Balaban J connectivity index is 2.21. The van der Waals surface area contributed by atoms with Crippen molar-refractivity contribution in [1.82, 2.24) is 10.2 Å². The van der Waals surface area contributed by atoms with Crippen LogP contribution in [0.25, 0.3) is 0 Å². The molecule has 0 aromatic heterocycles. The zero-order valence-electron chi connectivity index (χ0n) is 11.5. The Morgan fingerprint density at radius 1 is 1.29 bits per heavy atom. The van der Waals surface area contributed by atoms with Crippen LogP contribution in [0, 0.1) is 5.41 Å². The van der Waals surface area contributed by atoms with E-state index in [-0.39, 0.29) is 5.41 Å². The van der Waals surface area contributed by atoms with Gasteiger partial charge in [0.15, 0.2) is 0 Å². The van der Waals surface area contributed by atoms with Crippen LogP contribution in [0.15, 0.2) is 0 Å². The second-order valence-corrected chi connectivity index (χ2v) is 6.18. The normalized spacial score (nSPS) is 20.5. The summed E-state index contributed by atoms with van der Waals surface area (Å²) in [5, 5.41) is 3.64. The number of hydrogen-bond donors (Lipinski definition) is 1. The lowest BCUT2D eigenvalue weighted by Gasteiger charge is -2.33. The number of morpholine rings is 1. The first kappa shape index (κ1) is 15.2. The average molecular weight is 263 g/mol. The minimum atomic E-state index is 0.278. The van der Waals surface area contributed by atoms with E-state index in [1.165, 1.54) is 0 Å². The monoisotopic (exact) mass is 262 g/mol. The zero-order chi connectivity index (χ0) is 12.7. The molecule has 1 saturated heterocycles. The van der Waals surface area contributed by atoms with E-state index in [9.17, 15) is 0 Å². The van der Waals surface area contributed by atoms with E-state index in [0.717, 1.165) is 51.7 Å². The molecule has 0 bridgehead atoms. The zero-order valence-corrected chi connectivity index (χ0v) is 12.2. The first-order chi connectivity index (χ1) is 8.04. The Morgan fingerprint density at radius 3 is 2.47 bits per heavy atom. The molecule has 1 atom stereocenters. The molecular formula is C13H27ClN2O. The third kappa shape index (κ3) is 6.05. The maximum Gasteiger partial charge on any atom is 0.0594 e. The molecule has 0 saturated carbocycles. The van der Waals surface area contributed by atoms with Crippen molar-refractivity contribution in [2.45, 2.75) is 33.2 Å². The quantitative estimate of drug-likeness (QED) is 0.741. The molecule has 1 N–H and O–H groups in total. The molecule has 0 aromatic rings. The topological polar surface area (TPSA) is 24.5 Å². The van der Waals surface area contributed by atoms with E-state index in [4.69, 9.17) is 16.3 Å². The molecular weight excluding hydrogens is 236 g/mol. The minimum absolute atomic E-state index is 0.278. The van der Waals surface area contributed by atoms with Crippen LogP contribution in [0.5, 0.6) is 0 Å². The summed E-state index contributed by atoms with van der Waals surface area (Å²) < 4.78 is 5.34. The Bertz CT molecular complexity index is 200. The van der Waals surface area contributed by atoms with Crippen LogP contribution in [-0.4, -0.2) is 56.2 Å². The van der Waals surface area contributed by atoms with E-state index in [2.05, 4.69) is 31.0 Å². The van der Waals surface area contributed by atoms with Crippen molar-refractivity contribution in [2.75, 3.05) is 45.3 Å². The van der Waals surface area contributed by atoms with Gasteiger partial charge in [0.2, 0.25) is 0 Å². The summed E-state index contributed by atoms with van der Waals surface area (Å²) in [5.74, 6) is 0.729. The number of ether oxygens (including phenoxy) is 1. The summed E-state index contributed by atoms with van der Waals surface area (Å²) >= 11 is 5.86. The maximum atomic E-state index is 5.86. The molecule has 1 fully saturated rings. The number of alkyl halides is 1.